The minimum absolute atomic E-state index is 0. The molecule has 1 heterocycles. The lowest BCUT2D eigenvalue weighted by Gasteiger charge is -2.22. The molecule has 0 aromatic rings. The molecule has 0 aromatic carbocycles. The van der Waals surface area contributed by atoms with Gasteiger partial charge in [0.15, 0.2) is 0 Å². The molecule has 1 aliphatic rings. The topological polar surface area (TPSA) is 93.2 Å². The molecular formula is C7H20BF4N3O3. The van der Waals surface area contributed by atoms with Crippen molar-refractivity contribution in [3.05, 3.63) is 25.1 Å². The van der Waals surface area contributed by atoms with Crippen LogP contribution in [0.15, 0.2) is 25.1 Å². The van der Waals surface area contributed by atoms with Gasteiger partial charge in [-0.1, -0.05) is 12.7 Å². The molecule has 0 saturated carbocycles. The number of hydrogen-bond acceptors (Lipinski definition) is 6. The van der Waals surface area contributed by atoms with Crippen molar-refractivity contribution >= 4 is 7.32 Å². The molecular weight excluding hydrogens is 261 g/mol. The molecule has 0 bridgehead atoms. The summed E-state index contributed by atoms with van der Waals surface area (Å²) >= 11 is 0. The fraction of sp³-hybridized carbons (Fsp3) is 0.429. The van der Waals surface area contributed by atoms with Crippen molar-refractivity contribution in [3.8, 4) is 0 Å². The van der Waals surface area contributed by atoms with Crippen molar-refractivity contribution < 1.29 is 33.9 Å². The van der Waals surface area contributed by atoms with Crippen LogP contribution in [0.2, 0.25) is 0 Å². The number of nitrogens with two attached hydrogens (primary N) is 1. The summed E-state index contributed by atoms with van der Waals surface area (Å²) in [5.41, 5.74) is 5.67. The number of halogens is 4. The van der Waals surface area contributed by atoms with Crippen LogP contribution in [0.1, 0.15) is 0 Å². The maximum atomic E-state index is 7.17. The van der Waals surface area contributed by atoms with Crippen molar-refractivity contribution in [2.24, 2.45) is 5.73 Å². The van der Waals surface area contributed by atoms with Gasteiger partial charge in [0, 0.05) is 19.4 Å². The van der Waals surface area contributed by atoms with Gasteiger partial charge in [-0.3, -0.25) is 18.8 Å². The normalized spacial score (nSPS) is 12.5. The Hall–Kier alpha value is -1.30. The van der Waals surface area contributed by atoms with E-state index in [1.54, 1.807) is 6.08 Å². The summed E-state index contributed by atoms with van der Waals surface area (Å²) in [5, 5.41) is 21.5. The van der Waals surface area contributed by atoms with Gasteiger partial charge in [-0.2, -0.15) is 0 Å². The van der Waals surface area contributed by atoms with Crippen LogP contribution in [0.5, 0.6) is 0 Å². The Kier molecular flexibility index (Phi) is 26.2. The van der Waals surface area contributed by atoms with Gasteiger partial charge in [0.2, 0.25) is 0 Å². The second kappa shape index (κ2) is 15.7. The van der Waals surface area contributed by atoms with E-state index in [0.717, 1.165) is 6.67 Å². The van der Waals surface area contributed by atoms with Crippen LogP contribution in [0.25, 0.3) is 0 Å². The highest BCUT2D eigenvalue weighted by molar-refractivity contribution is 6.30. The van der Waals surface area contributed by atoms with Crippen molar-refractivity contribution in [1.29, 1.82) is 0 Å². The molecule has 0 radical (unpaired) electrons. The van der Waals surface area contributed by atoms with Gasteiger partial charge in [0.05, 0.1) is 12.8 Å². The lowest BCUT2D eigenvalue weighted by atomic mass is 10.3. The first-order valence-corrected chi connectivity index (χ1v) is 4.04. The molecule has 1 unspecified atom stereocenters. The first kappa shape index (κ1) is 30.1. The summed E-state index contributed by atoms with van der Waals surface area (Å²) in [4.78, 5) is 4.07. The van der Waals surface area contributed by atoms with Gasteiger partial charge in [0.1, 0.15) is 0 Å². The third-order valence-corrected chi connectivity index (χ3v) is 1.52. The molecule has 0 saturated heterocycles. The van der Waals surface area contributed by atoms with Crippen LogP contribution < -0.4 is 5.73 Å². The molecule has 6 nitrogen and oxygen atoms in total. The Morgan fingerprint density at radius 1 is 1.22 bits per heavy atom. The zero-order chi connectivity index (χ0) is 11.1. The van der Waals surface area contributed by atoms with E-state index in [9.17, 15) is 0 Å². The van der Waals surface area contributed by atoms with Crippen LogP contribution >= 0.6 is 0 Å². The summed E-state index contributed by atoms with van der Waals surface area (Å²) in [5.74, 6) is 0. The van der Waals surface area contributed by atoms with E-state index in [2.05, 4.69) is 11.5 Å². The summed E-state index contributed by atoms with van der Waals surface area (Å²) in [6.07, 6.45) is 5.63. The Balaban J connectivity index is -0.0000000635. The molecule has 11 heteroatoms. The van der Waals surface area contributed by atoms with Crippen LogP contribution in [-0.4, -0.2) is 52.1 Å². The molecule has 0 spiro atoms. The average Bonchev–Trinajstić information content (AvgIpc) is 2.49. The quantitative estimate of drug-likeness (QED) is 0.285. The van der Waals surface area contributed by atoms with Gasteiger partial charge in [-0.25, -0.2) is 0 Å². The predicted molar refractivity (Wildman–Crippen MR) is 64.2 cm³/mol. The Morgan fingerprint density at radius 3 is 1.83 bits per heavy atom. The van der Waals surface area contributed by atoms with Gasteiger partial charge in [-0.05, 0) is 0 Å². The molecule has 112 valence electrons. The van der Waals surface area contributed by atoms with Crippen LogP contribution in [0.3, 0.4) is 0 Å². The van der Waals surface area contributed by atoms with E-state index in [1.807, 2.05) is 24.3 Å². The van der Waals surface area contributed by atoms with Gasteiger partial charge in [-0.15, -0.1) is 0 Å². The highest BCUT2D eigenvalue weighted by atomic mass is 19.0. The molecule has 0 fully saturated rings. The molecule has 5 N–H and O–H groups in total. The SMILES string of the molecule is C=CC(N)N1C=CN(C)C1.F.F.F.F.OB(O)O. The predicted octanol–water partition coefficient (Wildman–Crippen LogP) is -1.31. The van der Waals surface area contributed by atoms with E-state index in [4.69, 9.17) is 20.8 Å². The fourth-order valence-electron chi connectivity index (χ4n) is 0.880. The second-order valence-corrected chi connectivity index (χ2v) is 2.78. The van der Waals surface area contributed by atoms with E-state index >= 15 is 0 Å². The van der Waals surface area contributed by atoms with Crippen molar-refractivity contribution in [2.45, 2.75) is 6.17 Å². The first-order chi connectivity index (χ1) is 6.47. The fourth-order valence-corrected chi connectivity index (χ4v) is 0.880. The van der Waals surface area contributed by atoms with Crippen molar-refractivity contribution in [2.75, 3.05) is 13.7 Å². The molecule has 1 aliphatic heterocycles. The van der Waals surface area contributed by atoms with Crippen LogP contribution in [0.4, 0.5) is 18.8 Å². The number of rotatable bonds is 2. The van der Waals surface area contributed by atoms with Gasteiger partial charge < -0.3 is 30.6 Å². The highest BCUT2D eigenvalue weighted by Gasteiger charge is 2.11. The summed E-state index contributed by atoms with van der Waals surface area (Å²) < 4.78 is 0. The largest absolute Gasteiger partial charge is 0.631 e. The van der Waals surface area contributed by atoms with Crippen molar-refractivity contribution in [1.82, 2.24) is 9.80 Å². The van der Waals surface area contributed by atoms with Gasteiger partial charge in [0.25, 0.3) is 0 Å². The molecule has 0 aromatic heterocycles. The van der Waals surface area contributed by atoms with Crippen LogP contribution in [-0.2, 0) is 0 Å². The maximum Gasteiger partial charge on any atom is 0.631 e. The standard InChI is InChI=1S/C7H13N3.BH3O3.4FH/c1-3-7(8)10-5-4-9(2)6-10;2-1(3)4;;;;/h3-5,7H,1,6,8H2,2H3;2-4H;4*1H. The van der Waals surface area contributed by atoms with E-state index in [0.29, 0.717) is 0 Å². The number of hydrogen-bond donors (Lipinski definition) is 4. The van der Waals surface area contributed by atoms with Gasteiger partial charge >= 0.3 is 7.32 Å². The molecule has 1 atom stereocenters. The smallest absolute Gasteiger partial charge is 0.402 e. The Labute approximate surface area is 103 Å². The van der Waals surface area contributed by atoms with E-state index in [-0.39, 0.29) is 25.0 Å². The average molecular weight is 281 g/mol. The monoisotopic (exact) mass is 281 g/mol. The van der Waals surface area contributed by atoms with Crippen LogP contribution in [0, 0.1) is 0 Å². The summed E-state index contributed by atoms with van der Waals surface area (Å²) in [7, 11) is -0.160. The maximum absolute atomic E-state index is 7.17. The molecule has 0 amide bonds. The zero-order valence-electron chi connectivity index (χ0n) is 9.75. The third-order valence-electron chi connectivity index (χ3n) is 1.52. The first-order valence-electron chi connectivity index (χ1n) is 4.04. The molecule has 1 rings (SSSR count). The lowest BCUT2D eigenvalue weighted by Crippen LogP contribution is -2.37. The lowest BCUT2D eigenvalue weighted by molar-refractivity contribution is 0.264. The Morgan fingerprint density at radius 2 is 1.61 bits per heavy atom. The molecule has 18 heavy (non-hydrogen) atoms. The zero-order valence-corrected chi connectivity index (χ0v) is 9.75. The summed E-state index contributed by atoms with van der Waals surface area (Å²) in [6, 6.07) is 0. The molecule has 0 aliphatic carbocycles. The van der Waals surface area contributed by atoms with E-state index < -0.39 is 7.32 Å². The van der Waals surface area contributed by atoms with E-state index in [1.165, 1.54) is 0 Å². The summed E-state index contributed by atoms with van der Waals surface area (Å²) in [6.45, 7) is 4.47. The minimum Gasteiger partial charge on any atom is -0.402 e. The highest BCUT2D eigenvalue weighted by Crippen LogP contribution is 2.05. The second-order valence-electron chi connectivity index (χ2n) is 2.78. The minimum atomic E-state index is -2.17. The Bertz CT molecular complexity index is 212. The number of nitrogens with zero attached hydrogens (tertiary/aromatic N) is 2. The van der Waals surface area contributed by atoms with Crippen molar-refractivity contribution in [3.63, 3.8) is 0 Å². The third kappa shape index (κ3) is 14.7.